The molecule has 90 valence electrons. The van der Waals surface area contributed by atoms with Crippen LogP contribution in [0.5, 0.6) is 0 Å². The van der Waals surface area contributed by atoms with Crippen molar-refractivity contribution < 1.29 is 5.11 Å². The predicted octanol–water partition coefficient (Wildman–Crippen LogP) is 1.26. The van der Waals surface area contributed by atoms with Gasteiger partial charge in [-0.25, -0.2) is 0 Å². The average Bonchev–Trinajstić information content (AvgIpc) is 2.17. The van der Waals surface area contributed by atoms with Gasteiger partial charge in [0.05, 0.1) is 5.60 Å². The Labute approximate surface area is 96.9 Å². The Morgan fingerprint density at radius 3 is 2.81 bits per heavy atom. The van der Waals surface area contributed by atoms with Crippen LogP contribution in [0.15, 0.2) is 18.5 Å². The largest absolute Gasteiger partial charge is 0.398 e. The van der Waals surface area contributed by atoms with Gasteiger partial charge in [-0.15, -0.1) is 0 Å². The third kappa shape index (κ3) is 3.47. The molecule has 0 aromatic carbocycles. The van der Waals surface area contributed by atoms with Crippen LogP contribution in [0.4, 0.5) is 5.69 Å². The van der Waals surface area contributed by atoms with Crippen LogP contribution in [0, 0.1) is 0 Å². The van der Waals surface area contributed by atoms with Crippen LogP contribution in [-0.2, 0) is 5.60 Å². The summed E-state index contributed by atoms with van der Waals surface area (Å²) in [6.07, 6.45) is 3.87. The molecular weight excluding hydrogens is 202 g/mol. The molecule has 0 aliphatic heterocycles. The minimum absolute atomic E-state index is 0.419. The maximum Gasteiger partial charge on any atom is 0.0915 e. The highest BCUT2D eigenvalue weighted by atomic mass is 16.3. The first kappa shape index (κ1) is 12.9. The fourth-order valence-corrected chi connectivity index (χ4v) is 1.59. The second kappa shape index (κ2) is 5.27. The Balaban J connectivity index is 2.66. The van der Waals surface area contributed by atoms with Gasteiger partial charge in [0.25, 0.3) is 0 Å². The molecule has 1 rings (SSSR count). The fraction of sp³-hybridized carbons (Fsp3) is 0.583. The Morgan fingerprint density at radius 1 is 1.56 bits per heavy atom. The van der Waals surface area contributed by atoms with Crippen LogP contribution in [0.1, 0.15) is 32.8 Å². The van der Waals surface area contributed by atoms with Crippen LogP contribution in [-0.4, -0.2) is 22.7 Å². The molecule has 1 aromatic heterocycles. The van der Waals surface area contributed by atoms with Crippen molar-refractivity contribution in [3.63, 3.8) is 0 Å². The third-order valence-corrected chi connectivity index (χ3v) is 2.60. The monoisotopic (exact) mass is 223 g/mol. The van der Waals surface area contributed by atoms with E-state index in [1.165, 1.54) is 0 Å². The van der Waals surface area contributed by atoms with Crippen LogP contribution in [0.2, 0.25) is 0 Å². The summed E-state index contributed by atoms with van der Waals surface area (Å²) in [6, 6.07) is 2.13. The lowest BCUT2D eigenvalue weighted by molar-refractivity contribution is 0.0480. The third-order valence-electron chi connectivity index (χ3n) is 2.60. The van der Waals surface area contributed by atoms with E-state index in [9.17, 15) is 5.11 Å². The van der Waals surface area contributed by atoms with E-state index in [1.807, 2.05) is 0 Å². The van der Waals surface area contributed by atoms with Crippen LogP contribution in [0.3, 0.4) is 0 Å². The molecule has 0 amide bonds. The second-order valence-electron chi connectivity index (χ2n) is 4.60. The van der Waals surface area contributed by atoms with Gasteiger partial charge in [-0.3, -0.25) is 4.98 Å². The van der Waals surface area contributed by atoms with E-state index in [1.54, 1.807) is 25.4 Å². The molecule has 0 aliphatic rings. The summed E-state index contributed by atoms with van der Waals surface area (Å²) in [6.45, 7) is 6.67. The number of nitrogens with zero attached hydrogens (tertiary/aromatic N) is 1. The molecule has 0 saturated heterocycles. The Kier molecular flexibility index (Phi) is 4.26. The summed E-state index contributed by atoms with van der Waals surface area (Å²) in [5, 5.41) is 13.6. The number of aromatic nitrogens is 1. The maximum atomic E-state index is 10.3. The fourth-order valence-electron chi connectivity index (χ4n) is 1.59. The molecule has 0 bridgehead atoms. The highest BCUT2D eigenvalue weighted by Gasteiger charge is 2.25. The van der Waals surface area contributed by atoms with E-state index in [4.69, 9.17) is 5.73 Å². The second-order valence-corrected chi connectivity index (χ2v) is 4.60. The molecule has 0 spiro atoms. The molecule has 4 N–H and O–H groups in total. The van der Waals surface area contributed by atoms with E-state index in [2.05, 4.69) is 24.1 Å². The number of aliphatic hydroxyl groups is 1. The van der Waals surface area contributed by atoms with Gasteiger partial charge in [0.15, 0.2) is 0 Å². The molecule has 0 fully saturated rings. The lowest BCUT2D eigenvalue weighted by atomic mass is 9.92. The summed E-state index contributed by atoms with van der Waals surface area (Å²) in [5.41, 5.74) is 6.17. The van der Waals surface area contributed by atoms with Crippen molar-refractivity contribution in [3.05, 3.63) is 24.0 Å². The van der Waals surface area contributed by atoms with Gasteiger partial charge in [-0.1, -0.05) is 13.8 Å². The lowest BCUT2D eigenvalue weighted by Gasteiger charge is -2.25. The minimum atomic E-state index is -0.930. The quantitative estimate of drug-likeness (QED) is 0.702. The first-order valence-electron chi connectivity index (χ1n) is 5.59. The summed E-state index contributed by atoms with van der Waals surface area (Å²) in [7, 11) is 0. The summed E-state index contributed by atoms with van der Waals surface area (Å²) < 4.78 is 0. The number of hydrogen-bond acceptors (Lipinski definition) is 4. The van der Waals surface area contributed by atoms with Gasteiger partial charge in [0.2, 0.25) is 0 Å². The molecule has 0 radical (unpaired) electrons. The van der Waals surface area contributed by atoms with Gasteiger partial charge in [-0.05, 0) is 26.0 Å². The van der Waals surface area contributed by atoms with Crippen molar-refractivity contribution in [2.24, 2.45) is 0 Å². The van der Waals surface area contributed by atoms with E-state index in [0.29, 0.717) is 23.7 Å². The van der Waals surface area contributed by atoms with Crippen molar-refractivity contribution in [2.75, 3.05) is 12.3 Å². The zero-order valence-corrected chi connectivity index (χ0v) is 10.2. The number of nitrogens with one attached hydrogen (secondary N) is 1. The van der Waals surface area contributed by atoms with E-state index in [0.717, 1.165) is 6.54 Å². The highest BCUT2D eigenvalue weighted by molar-refractivity contribution is 5.47. The first-order chi connectivity index (χ1) is 7.43. The van der Waals surface area contributed by atoms with Crippen LogP contribution < -0.4 is 11.1 Å². The molecular formula is C12H21N3O. The van der Waals surface area contributed by atoms with E-state index in [-0.39, 0.29) is 0 Å². The smallest absolute Gasteiger partial charge is 0.0915 e. The molecule has 1 heterocycles. The standard InChI is InChI=1S/C12H21N3O/c1-9(2)15-7-5-12(3,16)10-8-14-6-4-11(10)13/h4,6,8-9,15-16H,5,7H2,1-3H3,(H2,13,14). The van der Waals surface area contributed by atoms with Gasteiger partial charge < -0.3 is 16.2 Å². The molecule has 1 unspecified atom stereocenters. The Hall–Kier alpha value is -1.13. The molecule has 16 heavy (non-hydrogen) atoms. The number of nitrogen functional groups attached to an aromatic ring is 1. The lowest BCUT2D eigenvalue weighted by Crippen LogP contribution is -2.31. The topological polar surface area (TPSA) is 71.2 Å². The number of anilines is 1. The van der Waals surface area contributed by atoms with Crippen LogP contribution >= 0.6 is 0 Å². The number of rotatable bonds is 5. The zero-order chi connectivity index (χ0) is 12.2. The van der Waals surface area contributed by atoms with Crippen molar-refractivity contribution in [1.82, 2.24) is 10.3 Å². The molecule has 0 aliphatic carbocycles. The van der Waals surface area contributed by atoms with Crippen LogP contribution in [0.25, 0.3) is 0 Å². The maximum absolute atomic E-state index is 10.3. The van der Waals surface area contributed by atoms with Crippen molar-refractivity contribution >= 4 is 5.69 Å². The average molecular weight is 223 g/mol. The Bertz CT molecular complexity index is 337. The normalized spacial score (nSPS) is 15.1. The SMILES string of the molecule is CC(C)NCCC(C)(O)c1cnccc1N. The molecule has 4 heteroatoms. The summed E-state index contributed by atoms with van der Waals surface area (Å²) >= 11 is 0. The molecule has 1 atom stereocenters. The van der Waals surface area contributed by atoms with Gasteiger partial charge in [-0.2, -0.15) is 0 Å². The van der Waals surface area contributed by atoms with Gasteiger partial charge in [0, 0.05) is 29.7 Å². The number of hydrogen-bond donors (Lipinski definition) is 3. The predicted molar refractivity (Wildman–Crippen MR) is 66.0 cm³/mol. The molecule has 4 nitrogen and oxygen atoms in total. The van der Waals surface area contributed by atoms with Crippen molar-refractivity contribution in [1.29, 1.82) is 0 Å². The zero-order valence-electron chi connectivity index (χ0n) is 10.2. The van der Waals surface area contributed by atoms with Crippen molar-refractivity contribution in [3.8, 4) is 0 Å². The Morgan fingerprint density at radius 2 is 2.25 bits per heavy atom. The number of nitrogens with two attached hydrogens (primary N) is 1. The van der Waals surface area contributed by atoms with E-state index < -0.39 is 5.60 Å². The first-order valence-corrected chi connectivity index (χ1v) is 5.59. The highest BCUT2D eigenvalue weighted by Crippen LogP contribution is 2.27. The molecule has 0 saturated carbocycles. The van der Waals surface area contributed by atoms with Gasteiger partial charge >= 0.3 is 0 Å². The van der Waals surface area contributed by atoms with Gasteiger partial charge in [0.1, 0.15) is 0 Å². The van der Waals surface area contributed by atoms with Crippen molar-refractivity contribution in [2.45, 2.75) is 38.8 Å². The number of pyridine rings is 1. The molecule has 1 aromatic rings. The summed E-state index contributed by atoms with van der Waals surface area (Å²) in [4.78, 5) is 3.99. The van der Waals surface area contributed by atoms with E-state index >= 15 is 0 Å². The minimum Gasteiger partial charge on any atom is -0.398 e. The summed E-state index contributed by atoms with van der Waals surface area (Å²) in [5.74, 6) is 0.